The van der Waals surface area contributed by atoms with Crippen molar-refractivity contribution in [2.24, 2.45) is 0 Å². The van der Waals surface area contributed by atoms with Gasteiger partial charge in [-0.1, -0.05) is 212 Å². The lowest BCUT2D eigenvalue weighted by Gasteiger charge is -2.29. The van der Waals surface area contributed by atoms with Gasteiger partial charge in [-0.05, 0) is 129 Å². The highest BCUT2D eigenvalue weighted by molar-refractivity contribution is 5.81. The minimum Gasteiger partial charge on any atom is -0.311 e. The van der Waals surface area contributed by atoms with E-state index in [2.05, 4.69) is 295 Å². The van der Waals surface area contributed by atoms with Crippen LogP contribution in [0.15, 0.2) is 285 Å². The van der Waals surface area contributed by atoms with Crippen molar-refractivity contribution in [1.29, 1.82) is 0 Å². The molecule has 0 saturated heterocycles. The molecule has 11 rings (SSSR count). The smallest absolute Gasteiger partial charge is 0.0462 e. The highest BCUT2D eigenvalue weighted by atomic mass is 15.1. The third-order valence-electron chi connectivity index (χ3n) is 13.5. The van der Waals surface area contributed by atoms with Crippen molar-refractivity contribution in [3.8, 4) is 33.4 Å². The van der Waals surface area contributed by atoms with E-state index in [1.165, 1.54) is 50.1 Å². The average Bonchev–Trinajstić information content (AvgIpc) is 3.43. The van der Waals surface area contributed by atoms with Gasteiger partial charge in [0, 0.05) is 51.9 Å². The Labute approximate surface area is 401 Å². The van der Waals surface area contributed by atoms with Crippen molar-refractivity contribution in [2.75, 3.05) is 9.80 Å². The van der Waals surface area contributed by atoms with Crippen LogP contribution in [0.5, 0.6) is 0 Å². The third-order valence-corrected chi connectivity index (χ3v) is 13.5. The topological polar surface area (TPSA) is 6.48 Å². The van der Waals surface area contributed by atoms with Crippen molar-refractivity contribution in [1.82, 2.24) is 0 Å². The number of rotatable bonds is 12. The van der Waals surface area contributed by atoms with Crippen molar-refractivity contribution in [3.05, 3.63) is 302 Å². The van der Waals surface area contributed by atoms with Crippen molar-refractivity contribution in [2.45, 2.75) is 24.2 Å². The summed E-state index contributed by atoms with van der Waals surface area (Å²) in [4.78, 5) is 4.74. The molecular formula is C66H52N2. The van der Waals surface area contributed by atoms with Crippen LogP contribution in [-0.2, 0) is 0 Å². The molecule has 0 heterocycles. The molecular weight excluding hydrogens is 821 g/mol. The Kier molecular flexibility index (Phi) is 12.1. The van der Waals surface area contributed by atoms with Crippen LogP contribution in [0, 0.1) is 0 Å². The first-order valence-electron chi connectivity index (χ1n) is 23.8. The van der Waals surface area contributed by atoms with Gasteiger partial charge in [0.15, 0.2) is 0 Å². The normalized spacial score (nSPS) is 16.1. The summed E-state index contributed by atoms with van der Waals surface area (Å²) in [7, 11) is 0. The summed E-state index contributed by atoms with van der Waals surface area (Å²) in [6.07, 6.45) is 19.0. The quantitative estimate of drug-likeness (QED) is 0.121. The Hall–Kier alpha value is -8.46. The molecule has 0 bridgehead atoms. The number of hydrogen-bond acceptors (Lipinski definition) is 2. The summed E-state index contributed by atoms with van der Waals surface area (Å²) < 4.78 is 0. The molecule has 0 amide bonds. The molecule has 3 atom stereocenters. The van der Waals surface area contributed by atoms with Crippen LogP contribution in [0.25, 0.3) is 33.4 Å². The molecule has 0 spiro atoms. The number of nitrogens with zero attached hydrogens (tertiary/aromatic N) is 2. The van der Waals surface area contributed by atoms with E-state index >= 15 is 0 Å². The molecule has 0 aromatic heterocycles. The Balaban J connectivity index is 0.884. The van der Waals surface area contributed by atoms with Gasteiger partial charge in [0.1, 0.15) is 0 Å². The van der Waals surface area contributed by atoms with Gasteiger partial charge in [-0.25, -0.2) is 0 Å². The van der Waals surface area contributed by atoms with E-state index in [1.54, 1.807) is 0 Å². The third kappa shape index (κ3) is 9.05. The van der Waals surface area contributed by atoms with Gasteiger partial charge in [0.2, 0.25) is 0 Å². The Morgan fingerprint density at radius 2 is 0.529 bits per heavy atom. The summed E-state index contributed by atoms with van der Waals surface area (Å²) in [5.41, 5.74) is 17.9. The predicted octanol–water partition coefficient (Wildman–Crippen LogP) is 18.2. The van der Waals surface area contributed by atoms with Crippen LogP contribution < -0.4 is 9.80 Å². The molecule has 3 unspecified atom stereocenters. The minimum absolute atomic E-state index is 0.182. The highest BCUT2D eigenvalue weighted by Crippen LogP contribution is 2.43. The van der Waals surface area contributed by atoms with Crippen LogP contribution in [0.3, 0.4) is 0 Å². The van der Waals surface area contributed by atoms with Crippen molar-refractivity contribution in [3.63, 3.8) is 0 Å². The minimum atomic E-state index is 0.182. The summed E-state index contributed by atoms with van der Waals surface area (Å²) in [6.45, 7) is 0. The molecule has 9 aromatic carbocycles. The van der Waals surface area contributed by atoms with E-state index in [1.807, 2.05) is 0 Å². The van der Waals surface area contributed by atoms with Gasteiger partial charge in [-0.15, -0.1) is 0 Å². The lowest BCUT2D eigenvalue weighted by Crippen LogP contribution is -2.13. The summed E-state index contributed by atoms with van der Waals surface area (Å²) in [5.74, 6) is 0.770. The highest BCUT2D eigenvalue weighted by Gasteiger charge is 2.24. The van der Waals surface area contributed by atoms with Crippen LogP contribution in [0.2, 0.25) is 0 Å². The second-order valence-electron chi connectivity index (χ2n) is 17.7. The molecule has 0 radical (unpaired) electrons. The second-order valence-corrected chi connectivity index (χ2v) is 17.7. The van der Waals surface area contributed by atoms with Gasteiger partial charge in [-0.3, -0.25) is 0 Å². The van der Waals surface area contributed by atoms with E-state index in [4.69, 9.17) is 0 Å². The largest absolute Gasteiger partial charge is 0.311 e. The van der Waals surface area contributed by atoms with Gasteiger partial charge >= 0.3 is 0 Å². The fraction of sp³-hybridized carbons (Fsp3) is 0.0606. The van der Waals surface area contributed by atoms with Crippen LogP contribution in [0.4, 0.5) is 34.1 Å². The maximum absolute atomic E-state index is 2.38. The van der Waals surface area contributed by atoms with E-state index in [-0.39, 0.29) is 11.8 Å². The maximum Gasteiger partial charge on any atom is 0.0462 e. The van der Waals surface area contributed by atoms with E-state index in [9.17, 15) is 0 Å². The van der Waals surface area contributed by atoms with Gasteiger partial charge in [0.05, 0.1) is 0 Å². The Bertz CT molecular complexity index is 3100. The second kappa shape index (κ2) is 19.6. The molecule has 2 aliphatic rings. The molecule has 2 aliphatic carbocycles. The number of allylic oxidation sites excluding steroid dienone is 8. The Morgan fingerprint density at radius 3 is 0.838 bits per heavy atom. The first-order valence-corrected chi connectivity index (χ1v) is 23.8. The fourth-order valence-electron chi connectivity index (χ4n) is 9.83. The van der Waals surface area contributed by atoms with Crippen molar-refractivity contribution < 1.29 is 0 Å². The van der Waals surface area contributed by atoms with E-state index in [0.29, 0.717) is 5.92 Å². The molecule has 9 aromatic rings. The molecule has 2 nitrogen and oxygen atoms in total. The zero-order chi connectivity index (χ0) is 45.5. The lowest BCUT2D eigenvalue weighted by molar-refractivity contribution is 0.730. The predicted molar refractivity (Wildman–Crippen MR) is 288 cm³/mol. The van der Waals surface area contributed by atoms with E-state index in [0.717, 1.165) is 40.5 Å². The average molecular weight is 873 g/mol. The van der Waals surface area contributed by atoms with Gasteiger partial charge < -0.3 is 9.80 Å². The summed E-state index contributed by atoms with van der Waals surface area (Å²) in [5, 5.41) is 0. The van der Waals surface area contributed by atoms with E-state index < -0.39 is 0 Å². The lowest BCUT2D eigenvalue weighted by atomic mass is 9.79. The summed E-state index contributed by atoms with van der Waals surface area (Å²) >= 11 is 0. The standard InChI is InChI=1S/C66H52N2/c1-5-15-49(16-6-1)53-25-37-59(38-26-53)67(60-39-27-54(28-40-60)50-17-7-2-8-18-50)63-45-33-57(34-46-63)65-23-13-14-24-66(65)58-35-47-64(48-36-58)68(61-41-29-55(30-42-61)51-19-9-3-10-20-51)62-43-31-56(32-44-62)52-21-11-4-12-22-52/h1-21,23-48,52,65-66H,22H2. The van der Waals surface area contributed by atoms with Crippen LogP contribution in [-0.4, -0.2) is 0 Å². The number of benzene rings is 9. The zero-order valence-corrected chi connectivity index (χ0v) is 38.0. The first-order chi connectivity index (χ1) is 33.7. The van der Waals surface area contributed by atoms with Crippen LogP contribution >= 0.6 is 0 Å². The molecule has 2 heteroatoms. The number of anilines is 6. The SMILES string of the molecule is C1=CCC(c2ccc(N(c3ccc(-c4ccccc4)cc3)c3ccc(C4C=CC=CC4c4ccc(N(c5ccc(-c6ccccc6)cc5)c5ccc(-c6ccccc6)cc5)cc4)cc3)cc2)C=C1. The summed E-state index contributed by atoms with van der Waals surface area (Å²) in [6, 6.07) is 86.1. The first kappa shape index (κ1) is 42.2. The number of hydrogen-bond donors (Lipinski definition) is 0. The monoisotopic (exact) mass is 872 g/mol. The Morgan fingerprint density at radius 1 is 0.250 bits per heavy atom. The maximum atomic E-state index is 2.38. The molecule has 0 saturated carbocycles. The molecule has 0 fully saturated rings. The van der Waals surface area contributed by atoms with Crippen LogP contribution in [0.1, 0.15) is 40.9 Å². The fourth-order valence-corrected chi connectivity index (χ4v) is 9.83. The zero-order valence-electron chi connectivity index (χ0n) is 38.0. The molecule has 0 N–H and O–H groups in total. The van der Waals surface area contributed by atoms with Gasteiger partial charge in [-0.2, -0.15) is 0 Å². The van der Waals surface area contributed by atoms with Crippen molar-refractivity contribution >= 4 is 34.1 Å². The van der Waals surface area contributed by atoms with Gasteiger partial charge in [0.25, 0.3) is 0 Å². The molecule has 326 valence electrons. The molecule has 68 heavy (non-hydrogen) atoms. The molecule has 0 aliphatic heterocycles.